The summed E-state index contributed by atoms with van der Waals surface area (Å²) in [5, 5.41) is 16.0. The molecule has 5 rings (SSSR count). The predicted molar refractivity (Wildman–Crippen MR) is 109 cm³/mol. The number of hydrogen-bond acceptors (Lipinski definition) is 7. The summed E-state index contributed by atoms with van der Waals surface area (Å²) in [5.41, 5.74) is 1.28. The fourth-order valence-electron chi connectivity index (χ4n) is 3.87. The largest absolute Gasteiger partial charge is 0.504 e. The third-order valence-electron chi connectivity index (χ3n) is 5.27. The van der Waals surface area contributed by atoms with E-state index in [0.29, 0.717) is 46.6 Å². The van der Waals surface area contributed by atoms with E-state index < -0.39 is 0 Å². The van der Waals surface area contributed by atoms with Crippen molar-refractivity contribution in [2.75, 3.05) is 27.5 Å². The third-order valence-corrected chi connectivity index (χ3v) is 5.27. The molecule has 29 heavy (non-hydrogen) atoms. The van der Waals surface area contributed by atoms with Gasteiger partial charge in [-0.05, 0) is 25.2 Å². The standard InChI is InChI=1S/C21H19N3O5/c1-22-3-4-24-20-13-7-18-19(29-10-28-18)8-15(13)23-9-14(20)11-6-17(27-2)16(25)5-12(11)21(24)26/h5-9,22,25H,3-4,10H2,1-2H3. The summed E-state index contributed by atoms with van der Waals surface area (Å²) in [4.78, 5) is 18.0. The zero-order chi connectivity index (χ0) is 20.1. The van der Waals surface area contributed by atoms with E-state index >= 15 is 0 Å². The summed E-state index contributed by atoms with van der Waals surface area (Å²) in [7, 11) is 3.31. The van der Waals surface area contributed by atoms with Gasteiger partial charge in [-0.2, -0.15) is 0 Å². The molecule has 0 radical (unpaired) electrons. The molecule has 1 aliphatic heterocycles. The van der Waals surface area contributed by atoms with E-state index in [9.17, 15) is 9.90 Å². The zero-order valence-corrected chi connectivity index (χ0v) is 16.0. The van der Waals surface area contributed by atoms with Gasteiger partial charge in [-0.25, -0.2) is 0 Å². The second kappa shape index (κ2) is 6.52. The Morgan fingerprint density at radius 1 is 1.14 bits per heavy atom. The summed E-state index contributed by atoms with van der Waals surface area (Å²) in [6.45, 7) is 1.23. The molecular formula is C21H19N3O5. The maximum atomic E-state index is 13.4. The first-order valence-electron chi connectivity index (χ1n) is 9.22. The SMILES string of the molecule is CNCCn1c(=O)c2cc(O)c(OC)cc2c2cnc3cc4c(cc3c21)OCO4. The highest BCUT2D eigenvalue weighted by molar-refractivity contribution is 6.15. The van der Waals surface area contributed by atoms with E-state index in [4.69, 9.17) is 14.2 Å². The summed E-state index contributed by atoms with van der Waals surface area (Å²) in [6, 6.07) is 6.82. The highest BCUT2D eigenvalue weighted by atomic mass is 16.7. The number of nitrogens with one attached hydrogen (secondary N) is 1. The van der Waals surface area contributed by atoms with Crippen molar-refractivity contribution in [3.63, 3.8) is 0 Å². The Labute approximate surface area is 165 Å². The second-order valence-electron chi connectivity index (χ2n) is 6.87. The molecule has 2 N–H and O–H groups in total. The minimum Gasteiger partial charge on any atom is -0.504 e. The average Bonchev–Trinajstić information content (AvgIpc) is 3.19. The number of aromatic hydroxyl groups is 1. The summed E-state index contributed by atoms with van der Waals surface area (Å²) in [5.74, 6) is 1.49. The molecule has 2 aromatic heterocycles. The van der Waals surface area contributed by atoms with Crippen LogP contribution in [0.3, 0.4) is 0 Å². The van der Waals surface area contributed by atoms with Crippen molar-refractivity contribution in [3.05, 3.63) is 40.8 Å². The summed E-state index contributed by atoms with van der Waals surface area (Å²) < 4.78 is 18.0. The number of benzene rings is 2. The van der Waals surface area contributed by atoms with E-state index in [1.54, 1.807) is 16.8 Å². The number of nitrogens with zero attached hydrogens (tertiary/aromatic N) is 2. The van der Waals surface area contributed by atoms with Gasteiger partial charge in [0.05, 0.1) is 23.5 Å². The molecule has 3 heterocycles. The molecule has 0 saturated carbocycles. The first-order chi connectivity index (χ1) is 14.1. The van der Waals surface area contributed by atoms with Crippen LogP contribution in [0.25, 0.3) is 32.6 Å². The molecule has 0 aliphatic carbocycles. The summed E-state index contributed by atoms with van der Waals surface area (Å²) in [6.07, 6.45) is 1.74. The lowest BCUT2D eigenvalue weighted by molar-refractivity contribution is 0.174. The maximum absolute atomic E-state index is 13.4. The number of ether oxygens (including phenoxy) is 3. The van der Waals surface area contributed by atoms with Gasteiger partial charge in [0.1, 0.15) is 0 Å². The van der Waals surface area contributed by atoms with Gasteiger partial charge in [0, 0.05) is 41.5 Å². The number of likely N-dealkylation sites (N-methyl/N-ethyl adjacent to an activating group) is 1. The number of methoxy groups -OCH3 is 1. The Morgan fingerprint density at radius 2 is 1.93 bits per heavy atom. The van der Waals surface area contributed by atoms with Crippen molar-refractivity contribution in [2.45, 2.75) is 6.54 Å². The van der Waals surface area contributed by atoms with Crippen LogP contribution in [0.2, 0.25) is 0 Å². The van der Waals surface area contributed by atoms with Gasteiger partial charge in [-0.3, -0.25) is 9.78 Å². The highest BCUT2D eigenvalue weighted by Gasteiger charge is 2.20. The van der Waals surface area contributed by atoms with Crippen LogP contribution < -0.4 is 25.1 Å². The Hall–Kier alpha value is -3.52. The summed E-state index contributed by atoms with van der Waals surface area (Å²) >= 11 is 0. The van der Waals surface area contributed by atoms with Crippen molar-refractivity contribution in [3.8, 4) is 23.0 Å². The van der Waals surface area contributed by atoms with E-state index in [2.05, 4.69) is 10.3 Å². The first-order valence-corrected chi connectivity index (χ1v) is 9.22. The van der Waals surface area contributed by atoms with Crippen LogP contribution in [-0.4, -0.2) is 42.2 Å². The van der Waals surface area contributed by atoms with E-state index in [1.165, 1.54) is 13.2 Å². The molecule has 2 aromatic carbocycles. The van der Waals surface area contributed by atoms with Crippen LogP contribution in [0, 0.1) is 0 Å². The highest BCUT2D eigenvalue weighted by Crippen LogP contribution is 2.39. The number of phenols is 1. The van der Waals surface area contributed by atoms with Gasteiger partial charge in [0.15, 0.2) is 23.0 Å². The van der Waals surface area contributed by atoms with E-state index in [1.807, 2.05) is 19.2 Å². The quantitative estimate of drug-likeness (QED) is 0.514. The van der Waals surface area contributed by atoms with Crippen molar-refractivity contribution >= 4 is 32.6 Å². The number of hydrogen-bond donors (Lipinski definition) is 2. The third kappa shape index (κ3) is 2.56. The van der Waals surface area contributed by atoms with Gasteiger partial charge in [-0.1, -0.05) is 0 Å². The Bertz CT molecular complexity index is 1350. The van der Waals surface area contributed by atoms with Gasteiger partial charge >= 0.3 is 0 Å². The molecule has 0 unspecified atom stereocenters. The van der Waals surface area contributed by atoms with Crippen molar-refractivity contribution < 1.29 is 19.3 Å². The predicted octanol–water partition coefficient (Wildman–Crippen LogP) is 2.37. The molecule has 1 aliphatic rings. The fourth-order valence-corrected chi connectivity index (χ4v) is 3.87. The van der Waals surface area contributed by atoms with Gasteiger partial charge in [-0.15, -0.1) is 0 Å². The van der Waals surface area contributed by atoms with Gasteiger partial charge < -0.3 is 29.2 Å². The van der Waals surface area contributed by atoms with Crippen LogP contribution in [0.5, 0.6) is 23.0 Å². The normalized spacial score (nSPS) is 12.9. The molecule has 148 valence electrons. The lowest BCUT2D eigenvalue weighted by atomic mass is 10.0. The number of phenolic OH excluding ortho intramolecular Hbond substituents is 1. The van der Waals surface area contributed by atoms with Crippen LogP contribution in [0.1, 0.15) is 0 Å². The molecule has 0 spiro atoms. The Balaban J connectivity index is 1.98. The lowest BCUT2D eigenvalue weighted by Crippen LogP contribution is -2.26. The molecular weight excluding hydrogens is 374 g/mol. The van der Waals surface area contributed by atoms with Crippen LogP contribution in [0.15, 0.2) is 35.3 Å². The molecule has 4 aromatic rings. The Morgan fingerprint density at radius 3 is 2.69 bits per heavy atom. The minimum absolute atomic E-state index is 0.0752. The number of aromatic nitrogens is 2. The maximum Gasteiger partial charge on any atom is 0.259 e. The second-order valence-corrected chi connectivity index (χ2v) is 6.87. The average molecular weight is 393 g/mol. The zero-order valence-electron chi connectivity index (χ0n) is 16.0. The number of fused-ring (bicyclic) bond motifs is 6. The van der Waals surface area contributed by atoms with Crippen LogP contribution in [0.4, 0.5) is 0 Å². The number of pyridine rings is 2. The fraction of sp³-hybridized carbons (Fsp3) is 0.238. The van der Waals surface area contributed by atoms with Crippen molar-refractivity contribution in [1.82, 2.24) is 14.9 Å². The molecule has 8 heteroatoms. The molecule has 0 fully saturated rings. The van der Waals surface area contributed by atoms with Gasteiger partial charge in [0.25, 0.3) is 5.56 Å². The van der Waals surface area contributed by atoms with Gasteiger partial charge in [0.2, 0.25) is 6.79 Å². The van der Waals surface area contributed by atoms with E-state index in [-0.39, 0.29) is 18.1 Å². The topological polar surface area (TPSA) is 94.8 Å². The molecule has 0 bridgehead atoms. The first kappa shape index (κ1) is 17.6. The molecule has 0 saturated heterocycles. The molecule has 8 nitrogen and oxygen atoms in total. The Kier molecular flexibility index (Phi) is 3.95. The number of rotatable bonds is 4. The molecule has 0 atom stereocenters. The van der Waals surface area contributed by atoms with Crippen molar-refractivity contribution in [2.24, 2.45) is 0 Å². The minimum atomic E-state index is -0.189. The smallest absolute Gasteiger partial charge is 0.259 e. The van der Waals surface area contributed by atoms with Crippen molar-refractivity contribution in [1.29, 1.82) is 0 Å². The lowest BCUT2D eigenvalue weighted by Gasteiger charge is -2.16. The monoisotopic (exact) mass is 393 g/mol. The molecule has 0 amide bonds. The van der Waals surface area contributed by atoms with Crippen LogP contribution in [-0.2, 0) is 6.54 Å². The van der Waals surface area contributed by atoms with E-state index in [0.717, 1.165) is 16.3 Å². The van der Waals surface area contributed by atoms with Crippen LogP contribution >= 0.6 is 0 Å².